The Labute approximate surface area is 254 Å². The predicted molar refractivity (Wildman–Crippen MR) is 179 cm³/mol. The normalized spacial score (nSPS) is 12.0. The van der Waals surface area contributed by atoms with Gasteiger partial charge in [-0.15, -0.1) is 11.3 Å². The van der Waals surface area contributed by atoms with Crippen molar-refractivity contribution in [3.05, 3.63) is 46.2 Å². The van der Waals surface area contributed by atoms with E-state index in [1.165, 1.54) is 133 Å². The Balaban J connectivity index is 1.85. The maximum absolute atomic E-state index is 4.91. The molecule has 0 bridgehead atoms. The third kappa shape index (κ3) is 9.79. The van der Waals surface area contributed by atoms with Crippen molar-refractivity contribution in [1.82, 2.24) is 4.98 Å². The van der Waals surface area contributed by atoms with Gasteiger partial charge in [0.1, 0.15) is 11.9 Å². The largest absolute Gasteiger partial charge is 0.269 e. The number of hydrogen-bond acceptors (Lipinski definition) is 3. The van der Waals surface area contributed by atoms with Crippen LogP contribution in [-0.2, 0) is 25.3 Å². The molecule has 0 amide bonds. The topological polar surface area (TPSA) is 16.8 Å². The van der Waals surface area contributed by atoms with Gasteiger partial charge in [-0.05, 0) is 54.9 Å². The molecule has 0 aliphatic carbocycles. The standard InChI is InChI=1S/C36H57N2S2/c1-8-10-12-14-16-18-20-22-31-33(39-27-37-31)34-32(23-21-19-17-15-13-11-9-2)38(7)35(40-34)29-24-28(3)25-30(26-29)36(4,5)6/h24-27H,8-23H2,1-7H3/q+1. The fourth-order valence-electron chi connectivity index (χ4n) is 5.68. The lowest BCUT2D eigenvalue weighted by molar-refractivity contribution is -0.663. The van der Waals surface area contributed by atoms with Gasteiger partial charge in [-0.3, -0.25) is 0 Å². The van der Waals surface area contributed by atoms with E-state index in [2.05, 4.69) is 76.9 Å². The van der Waals surface area contributed by atoms with E-state index in [-0.39, 0.29) is 5.41 Å². The molecule has 3 aromatic rings. The second-order valence-electron chi connectivity index (χ2n) is 13.0. The highest BCUT2D eigenvalue weighted by Gasteiger charge is 2.29. The van der Waals surface area contributed by atoms with Crippen LogP contribution in [-0.4, -0.2) is 4.98 Å². The van der Waals surface area contributed by atoms with Crippen LogP contribution in [0.5, 0.6) is 0 Å². The molecule has 0 saturated carbocycles. The van der Waals surface area contributed by atoms with E-state index in [1.807, 2.05) is 22.7 Å². The van der Waals surface area contributed by atoms with E-state index in [0.717, 1.165) is 12.8 Å². The third-order valence-corrected chi connectivity index (χ3v) is 10.6. The first-order valence-corrected chi connectivity index (χ1v) is 18.0. The second-order valence-corrected chi connectivity index (χ2v) is 14.8. The van der Waals surface area contributed by atoms with E-state index < -0.39 is 0 Å². The second kappa shape index (κ2) is 16.8. The maximum Gasteiger partial charge on any atom is 0.269 e. The van der Waals surface area contributed by atoms with Crippen LogP contribution in [0.3, 0.4) is 0 Å². The van der Waals surface area contributed by atoms with Crippen molar-refractivity contribution in [2.45, 2.75) is 150 Å². The summed E-state index contributed by atoms with van der Waals surface area (Å²) in [7, 11) is 2.31. The summed E-state index contributed by atoms with van der Waals surface area (Å²) in [5, 5.41) is 1.39. The molecule has 1 aromatic carbocycles. The summed E-state index contributed by atoms with van der Waals surface area (Å²) >= 11 is 3.86. The highest BCUT2D eigenvalue weighted by atomic mass is 32.1. The summed E-state index contributed by atoms with van der Waals surface area (Å²) < 4.78 is 2.52. The van der Waals surface area contributed by atoms with Crippen LogP contribution in [0.25, 0.3) is 20.3 Å². The van der Waals surface area contributed by atoms with E-state index in [9.17, 15) is 0 Å². The summed E-state index contributed by atoms with van der Waals surface area (Å²) in [6, 6.07) is 7.18. The number of thiazole rings is 2. The highest BCUT2D eigenvalue weighted by molar-refractivity contribution is 7.22. The van der Waals surface area contributed by atoms with Crippen molar-refractivity contribution in [3.63, 3.8) is 0 Å². The first-order valence-electron chi connectivity index (χ1n) is 16.3. The SMILES string of the molecule is CCCCCCCCCc1ncsc1-c1sc(-c2cc(C)cc(C(C)(C)C)c2)[n+](C)c1CCCCCCCCC. The highest BCUT2D eigenvalue weighted by Crippen LogP contribution is 2.40. The molecule has 222 valence electrons. The Kier molecular flexibility index (Phi) is 13.9. The minimum Gasteiger partial charge on any atom is -0.249 e. The van der Waals surface area contributed by atoms with Crippen LogP contribution < -0.4 is 4.57 Å². The fraction of sp³-hybridized carbons (Fsp3) is 0.667. The number of unbranched alkanes of at least 4 members (excludes halogenated alkanes) is 12. The van der Waals surface area contributed by atoms with Crippen LogP contribution in [0, 0.1) is 6.92 Å². The van der Waals surface area contributed by atoms with Crippen molar-refractivity contribution in [3.8, 4) is 20.3 Å². The van der Waals surface area contributed by atoms with E-state index >= 15 is 0 Å². The summed E-state index contributed by atoms with van der Waals surface area (Å²) in [5.41, 5.74) is 9.20. The predicted octanol–water partition coefficient (Wildman–Crippen LogP) is 11.6. The molecule has 0 spiro atoms. The van der Waals surface area contributed by atoms with Crippen molar-refractivity contribution in [2.24, 2.45) is 7.05 Å². The van der Waals surface area contributed by atoms with Crippen LogP contribution >= 0.6 is 22.7 Å². The number of aromatic nitrogens is 2. The molecule has 0 N–H and O–H groups in total. The average Bonchev–Trinajstić information content (AvgIpc) is 3.50. The average molecular weight is 582 g/mol. The van der Waals surface area contributed by atoms with Crippen LogP contribution in [0.1, 0.15) is 147 Å². The van der Waals surface area contributed by atoms with Crippen molar-refractivity contribution in [2.75, 3.05) is 0 Å². The number of nitrogens with zero attached hydrogens (tertiary/aromatic N) is 2. The summed E-state index contributed by atoms with van der Waals surface area (Å²) in [6.45, 7) is 13.8. The fourth-order valence-corrected chi connectivity index (χ4v) is 7.99. The van der Waals surface area contributed by atoms with Crippen LogP contribution in [0.2, 0.25) is 0 Å². The molecule has 0 atom stereocenters. The lowest BCUT2D eigenvalue weighted by Crippen LogP contribution is -2.33. The molecule has 4 heteroatoms. The number of aryl methyl sites for hydroxylation is 2. The summed E-state index contributed by atoms with van der Waals surface area (Å²) in [4.78, 5) is 7.81. The molecule has 40 heavy (non-hydrogen) atoms. The zero-order valence-corrected chi connectivity index (χ0v) is 28.5. The zero-order chi connectivity index (χ0) is 29.0. The van der Waals surface area contributed by atoms with Gasteiger partial charge in [-0.25, -0.2) is 4.98 Å². The van der Waals surface area contributed by atoms with Crippen LogP contribution in [0.15, 0.2) is 23.7 Å². The molecule has 2 nitrogen and oxygen atoms in total. The van der Waals surface area contributed by atoms with Gasteiger partial charge >= 0.3 is 0 Å². The first-order chi connectivity index (χ1) is 19.3. The monoisotopic (exact) mass is 581 g/mol. The van der Waals surface area contributed by atoms with E-state index in [1.54, 1.807) is 0 Å². The molecule has 3 rings (SSSR count). The molecule has 0 radical (unpaired) electrons. The van der Waals surface area contributed by atoms with E-state index in [4.69, 9.17) is 4.98 Å². The molecule has 0 aliphatic heterocycles. The molecular weight excluding hydrogens is 525 g/mol. The minimum atomic E-state index is 0.140. The maximum atomic E-state index is 4.91. The Morgan fingerprint density at radius 3 is 1.90 bits per heavy atom. The van der Waals surface area contributed by atoms with Gasteiger partial charge in [0, 0.05) is 6.42 Å². The Bertz CT molecular complexity index is 1150. The molecule has 0 fully saturated rings. The smallest absolute Gasteiger partial charge is 0.249 e. The van der Waals surface area contributed by atoms with Gasteiger partial charge in [0.2, 0.25) is 5.69 Å². The van der Waals surface area contributed by atoms with Gasteiger partial charge in [0.15, 0.2) is 0 Å². The lowest BCUT2D eigenvalue weighted by atomic mass is 9.85. The van der Waals surface area contributed by atoms with Gasteiger partial charge in [-0.2, -0.15) is 4.57 Å². The van der Waals surface area contributed by atoms with Gasteiger partial charge in [0.25, 0.3) is 5.01 Å². The number of hydrogen-bond donors (Lipinski definition) is 0. The van der Waals surface area contributed by atoms with Gasteiger partial charge in [-0.1, -0.05) is 129 Å². The first kappa shape index (κ1) is 33.0. The molecule has 0 unspecified atom stereocenters. The van der Waals surface area contributed by atoms with E-state index in [0.29, 0.717) is 0 Å². The lowest BCUT2D eigenvalue weighted by Gasteiger charge is -2.20. The third-order valence-electron chi connectivity index (χ3n) is 8.24. The minimum absolute atomic E-state index is 0.140. The number of benzene rings is 1. The molecule has 2 heterocycles. The van der Waals surface area contributed by atoms with Crippen molar-refractivity contribution < 1.29 is 4.57 Å². The Morgan fingerprint density at radius 1 is 0.725 bits per heavy atom. The quantitative estimate of drug-likeness (QED) is 0.108. The molecule has 0 saturated heterocycles. The summed E-state index contributed by atoms with van der Waals surface area (Å²) in [6.07, 6.45) is 21.2. The van der Waals surface area contributed by atoms with Gasteiger partial charge in [0.05, 0.1) is 21.6 Å². The number of rotatable bonds is 18. The zero-order valence-electron chi connectivity index (χ0n) is 26.8. The van der Waals surface area contributed by atoms with Crippen LogP contribution in [0.4, 0.5) is 0 Å². The molecular formula is C36H57N2S2+. The Hall–Kier alpha value is -1.52. The van der Waals surface area contributed by atoms with Gasteiger partial charge < -0.3 is 0 Å². The molecule has 2 aromatic heterocycles. The molecule has 0 aliphatic rings. The van der Waals surface area contributed by atoms with Crippen molar-refractivity contribution in [1.29, 1.82) is 0 Å². The Morgan fingerprint density at radius 2 is 1.30 bits per heavy atom. The summed E-state index contributed by atoms with van der Waals surface area (Å²) in [5.74, 6) is 0. The van der Waals surface area contributed by atoms with Crippen molar-refractivity contribution >= 4 is 22.7 Å².